The Labute approximate surface area is 152 Å². The number of carbonyl (C=O) groups is 1. The van der Waals surface area contributed by atoms with Gasteiger partial charge in [-0.3, -0.25) is 4.90 Å². The largest absolute Gasteiger partial charge is 0.392 e. The van der Waals surface area contributed by atoms with Crippen molar-refractivity contribution in [2.24, 2.45) is 0 Å². The third-order valence-corrected chi connectivity index (χ3v) is 5.76. The number of likely N-dealkylation sites (tertiary alicyclic amines) is 2. The van der Waals surface area contributed by atoms with Crippen molar-refractivity contribution in [3.8, 4) is 0 Å². The molecule has 1 aromatic rings. The van der Waals surface area contributed by atoms with Crippen LogP contribution in [0.4, 0.5) is 4.79 Å². The van der Waals surface area contributed by atoms with Crippen molar-refractivity contribution in [3.05, 3.63) is 16.1 Å². The molecule has 3 rings (SSSR count). The van der Waals surface area contributed by atoms with Crippen LogP contribution in [0.3, 0.4) is 0 Å². The van der Waals surface area contributed by atoms with Gasteiger partial charge in [-0.05, 0) is 33.1 Å². The van der Waals surface area contributed by atoms with Crippen LogP contribution < -0.4 is 5.32 Å². The number of urea groups is 1. The summed E-state index contributed by atoms with van der Waals surface area (Å²) in [5.74, 6) is 0. The summed E-state index contributed by atoms with van der Waals surface area (Å²) in [6.45, 7) is 7.24. The molecule has 2 fully saturated rings. The maximum atomic E-state index is 12.1. The summed E-state index contributed by atoms with van der Waals surface area (Å²) in [5, 5.41) is 26.4. The molecular weight excluding hydrogens is 340 g/mol. The third kappa shape index (κ3) is 4.49. The fraction of sp³-hybridized carbons (Fsp3) is 0.765. The van der Waals surface area contributed by atoms with Crippen LogP contribution in [-0.2, 0) is 12.1 Å². The number of amides is 2. The minimum Gasteiger partial charge on any atom is -0.392 e. The topological polar surface area (TPSA) is 88.9 Å². The van der Waals surface area contributed by atoms with E-state index in [0.717, 1.165) is 30.2 Å². The summed E-state index contributed by atoms with van der Waals surface area (Å²) in [5.41, 5.74) is -0.232. The van der Waals surface area contributed by atoms with Crippen molar-refractivity contribution in [2.45, 2.75) is 57.4 Å². The summed E-state index contributed by atoms with van der Waals surface area (Å²) in [6.07, 6.45) is 1.59. The molecule has 0 spiro atoms. The molecule has 1 aromatic heterocycles. The van der Waals surface area contributed by atoms with Crippen LogP contribution in [-0.4, -0.2) is 69.4 Å². The molecule has 2 aliphatic rings. The highest BCUT2D eigenvalue weighted by Crippen LogP contribution is 2.33. The van der Waals surface area contributed by atoms with Crippen LogP contribution in [0.15, 0.2) is 5.38 Å². The highest BCUT2D eigenvalue weighted by atomic mass is 32.1. The number of aliphatic hydroxyl groups is 2. The number of hydrogen-bond acceptors (Lipinski definition) is 6. The molecule has 2 saturated heterocycles. The highest BCUT2D eigenvalue weighted by molar-refractivity contribution is 7.09. The number of rotatable bonds is 4. The molecule has 3 heterocycles. The Morgan fingerprint density at radius 3 is 2.76 bits per heavy atom. The van der Waals surface area contributed by atoms with Crippen LogP contribution in [0.2, 0.25) is 0 Å². The second-order valence-corrected chi connectivity index (χ2v) is 8.37. The summed E-state index contributed by atoms with van der Waals surface area (Å²) in [7, 11) is 0. The Hall–Kier alpha value is -1.22. The predicted octanol–water partition coefficient (Wildman–Crippen LogP) is 1.11. The van der Waals surface area contributed by atoms with E-state index in [0.29, 0.717) is 32.5 Å². The lowest BCUT2D eigenvalue weighted by Crippen LogP contribution is -2.50. The van der Waals surface area contributed by atoms with Crippen molar-refractivity contribution in [1.82, 2.24) is 20.1 Å². The number of β-amino-alcohol motifs (C(OH)–C–C–N with tert-alkyl or cyclic N) is 1. The maximum absolute atomic E-state index is 12.1. The second-order valence-electron chi connectivity index (χ2n) is 7.43. The van der Waals surface area contributed by atoms with Gasteiger partial charge < -0.3 is 20.4 Å². The van der Waals surface area contributed by atoms with E-state index in [1.807, 2.05) is 19.2 Å². The molecule has 1 atom stereocenters. The summed E-state index contributed by atoms with van der Waals surface area (Å²) in [6, 6.07) is 0.0436. The Kier molecular flexibility index (Phi) is 5.62. The van der Waals surface area contributed by atoms with E-state index < -0.39 is 5.60 Å². The van der Waals surface area contributed by atoms with E-state index in [1.165, 1.54) is 0 Å². The third-order valence-electron chi connectivity index (χ3n) is 4.92. The van der Waals surface area contributed by atoms with Gasteiger partial charge in [0.2, 0.25) is 0 Å². The van der Waals surface area contributed by atoms with Gasteiger partial charge in [-0.15, -0.1) is 11.3 Å². The summed E-state index contributed by atoms with van der Waals surface area (Å²) >= 11 is 1.56. The smallest absolute Gasteiger partial charge is 0.317 e. The molecule has 8 heteroatoms. The Morgan fingerprint density at radius 2 is 2.16 bits per heavy atom. The van der Waals surface area contributed by atoms with Gasteiger partial charge in [-0.25, -0.2) is 9.78 Å². The van der Waals surface area contributed by atoms with Gasteiger partial charge in [0.25, 0.3) is 0 Å². The minimum absolute atomic E-state index is 0.0661. The first-order valence-corrected chi connectivity index (χ1v) is 9.87. The van der Waals surface area contributed by atoms with Gasteiger partial charge in [0.1, 0.15) is 10.6 Å². The normalized spacial score (nSPS) is 24.0. The molecule has 0 radical (unpaired) electrons. The Balaban J connectivity index is 1.56. The average molecular weight is 369 g/mol. The zero-order valence-electron chi connectivity index (χ0n) is 14.9. The minimum atomic E-state index is -0.951. The zero-order valence-corrected chi connectivity index (χ0v) is 15.8. The fourth-order valence-electron chi connectivity index (χ4n) is 3.42. The van der Waals surface area contributed by atoms with Crippen LogP contribution in [0.25, 0.3) is 0 Å². The molecule has 0 aromatic carbocycles. The lowest BCUT2D eigenvalue weighted by Gasteiger charge is -2.37. The van der Waals surface area contributed by atoms with Crippen LogP contribution in [0.1, 0.15) is 43.8 Å². The molecule has 2 amide bonds. The number of carbonyl (C=O) groups excluding carboxylic acids is 1. The molecule has 140 valence electrons. The van der Waals surface area contributed by atoms with Gasteiger partial charge >= 0.3 is 6.03 Å². The first-order valence-electron chi connectivity index (χ1n) is 8.99. The second kappa shape index (κ2) is 7.57. The van der Waals surface area contributed by atoms with E-state index in [-0.39, 0.29) is 18.2 Å². The quantitative estimate of drug-likeness (QED) is 0.741. The fourth-order valence-corrected chi connectivity index (χ4v) is 4.35. The van der Waals surface area contributed by atoms with Crippen LogP contribution >= 0.6 is 11.3 Å². The molecule has 25 heavy (non-hydrogen) atoms. The SMILES string of the molecule is CC(C)NC(=O)N1CCC(O)(c2csc(CN3CCC(O)C3)n2)CC1. The molecule has 3 N–H and O–H groups in total. The van der Waals surface area contributed by atoms with Crippen LogP contribution in [0.5, 0.6) is 0 Å². The summed E-state index contributed by atoms with van der Waals surface area (Å²) in [4.78, 5) is 20.7. The van der Waals surface area contributed by atoms with Gasteiger partial charge in [-0.2, -0.15) is 0 Å². The zero-order chi connectivity index (χ0) is 18.0. The number of aliphatic hydroxyl groups excluding tert-OH is 1. The lowest BCUT2D eigenvalue weighted by molar-refractivity contribution is -0.0201. The maximum Gasteiger partial charge on any atom is 0.317 e. The van der Waals surface area contributed by atoms with E-state index in [4.69, 9.17) is 0 Å². The van der Waals surface area contributed by atoms with Gasteiger partial charge in [0.15, 0.2) is 0 Å². The Morgan fingerprint density at radius 1 is 1.44 bits per heavy atom. The number of piperidine rings is 1. The molecular formula is C17H28N4O3S. The highest BCUT2D eigenvalue weighted by Gasteiger charge is 2.37. The molecule has 0 bridgehead atoms. The van der Waals surface area contributed by atoms with Gasteiger partial charge in [-0.1, -0.05) is 0 Å². The van der Waals surface area contributed by atoms with Crippen molar-refractivity contribution >= 4 is 17.4 Å². The molecule has 0 aliphatic carbocycles. The number of nitrogens with one attached hydrogen (secondary N) is 1. The monoisotopic (exact) mass is 368 g/mol. The van der Waals surface area contributed by atoms with Gasteiger partial charge in [0.05, 0.1) is 18.3 Å². The Bertz CT molecular complexity index is 598. The van der Waals surface area contributed by atoms with Crippen molar-refractivity contribution in [2.75, 3.05) is 26.2 Å². The first-order chi connectivity index (χ1) is 11.9. The van der Waals surface area contributed by atoms with E-state index in [9.17, 15) is 15.0 Å². The number of aromatic nitrogens is 1. The van der Waals surface area contributed by atoms with Crippen LogP contribution in [0, 0.1) is 0 Å². The molecule has 0 saturated carbocycles. The number of thiazole rings is 1. The molecule has 1 unspecified atom stereocenters. The first kappa shape index (κ1) is 18.6. The van der Waals surface area contributed by atoms with Crippen molar-refractivity contribution in [1.29, 1.82) is 0 Å². The molecule has 2 aliphatic heterocycles. The average Bonchev–Trinajstić information content (AvgIpc) is 3.17. The summed E-state index contributed by atoms with van der Waals surface area (Å²) < 4.78 is 0. The standard InChI is InChI=1S/C17H28N4O3S/c1-12(2)18-16(23)21-7-4-17(24,5-8-21)14-11-25-15(19-14)10-20-6-3-13(22)9-20/h11-13,22,24H,3-10H2,1-2H3,(H,18,23). The predicted molar refractivity (Wildman–Crippen MR) is 96.4 cm³/mol. The molecule has 7 nitrogen and oxygen atoms in total. The van der Waals surface area contributed by atoms with Crippen molar-refractivity contribution < 1.29 is 15.0 Å². The number of hydrogen-bond donors (Lipinski definition) is 3. The van der Waals surface area contributed by atoms with Crippen molar-refractivity contribution in [3.63, 3.8) is 0 Å². The van der Waals surface area contributed by atoms with E-state index >= 15 is 0 Å². The van der Waals surface area contributed by atoms with E-state index in [2.05, 4.69) is 15.2 Å². The van der Waals surface area contributed by atoms with E-state index in [1.54, 1.807) is 16.2 Å². The lowest BCUT2D eigenvalue weighted by atomic mass is 9.89. The number of nitrogens with zero attached hydrogens (tertiary/aromatic N) is 3. The van der Waals surface area contributed by atoms with Gasteiger partial charge in [0, 0.05) is 37.6 Å².